The summed E-state index contributed by atoms with van der Waals surface area (Å²) in [6, 6.07) is 14.0. The molecular weight excluding hydrogens is 276 g/mol. The highest BCUT2D eigenvalue weighted by Crippen LogP contribution is 2.23. The predicted molar refractivity (Wildman–Crippen MR) is 86.6 cm³/mol. The molecule has 1 N–H and O–H groups in total. The van der Waals surface area contributed by atoms with Gasteiger partial charge in [-0.2, -0.15) is 0 Å². The van der Waals surface area contributed by atoms with E-state index in [1.54, 1.807) is 12.3 Å². The topological polar surface area (TPSA) is 51.2 Å². The Labute approximate surface area is 129 Å². The summed E-state index contributed by atoms with van der Waals surface area (Å²) in [5.41, 5.74) is 1.55. The molecule has 4 heteroatoms. The first kappa shape index (κ1) is 14.3. The highest BCUT2D eigenvalue weighted by atomic mass is 16.5. The Morgan fingerprint density at radius 2 is 2.05 bits per heavy atom. The number of aromatic nitrogens is 1. The van der Waals surface area contributed by atoms with Crippen molar-refractivity contribution in [2.75, 3.05) is 11.9 Å². The third-order valence-electron chi connectivity index (χ3n) is 3.35. The van der Waals surface area contributed by atoms with Crippen molar-refractivity contribution in [1.29, 1.82) is 0 Å². The van der Waals surface area contributed by atoms with E-state index in [1.807, 2.05) is 48.6 Å². The van der Waals surface area contributed by atoms with E-state index in [2.05, 4.69) is 10.3 Å². The summed E-state index contributed by atoms with van der Waals surface area (Å²) in [6.07, 6.45) is 7.68. The molecule has 1 aromatic carbocycles. The normalized spacial score (nSPS) is 14.0. The summed E-state index contributed by atoms with van der Waals surface area (Å²) >= 11 is 0. The van der Waals surface area contributed by atoms with Crippen LogP contribution in [0.2, 0.25) is 0 Å². The van der Waals surface area contributed by atoms with Gasteiger partial charge in [-0.1, -0.05) is 36.4 Å². The molecule has 1 saturated carbocycles. The van der Waals surface area contributed by atoms with Gasteiger partial charge in [0, 0.05) is 12.2 Å². The summed E-state index contributed by atoms with van der Waals surface area (Å²) in [4.78, 5) is 16.1. The van der Waals surface area contributed by atoms with Crippen molar-refractivity contribution in [3.63, 3.8) is 0 Å². The zero-order chi connectivity index (χ0) is 15.2. The van der Waals surface area contributed by atoms with E-state index >= 15 is 0 Å². The number of anilines is 1. The smallest absolute Gasteiger partial charge is 0.340 e. The number of nitrogens with zero attached hydrogens (tertiary/aromatic N) is 1. The van der Waals surface area contributed by atoms with Gasteiger partial charge in [-0.15, -0.1) is 0 Å². The molecule has 1 aliphatic rings. The summed E-state index contributed by atoms with van der Waals surface area (Å²) in [5.74, 6) is 0.450. The molecule has 0 spiro atoms. The van der Waals surface area contributed by atoms with Crippen LogP contribution in [0.15, 0.2) is 54.7 Å². The van der Waals surface area contributed by atoms with Crippen molar-refractivity contribution in [2.24, 2.45) is 0 Å². The van der Waals surface area contributed by atoms with Crippen LogP contribution in [0.5, 0.6) is 0 Å². The molecule has 0 unspecified atom stereocenters. The number of hydrogen-bond donors (Lipinski definition) is 1. The second kappa shape index (κ2) is 6.89. The van der Waals surface area contributed by atoms with Gasteiger partial charge in [0.2, 0.25) is 0 Å². The molecule has 1 aliphatic carbocycles. The van der Waals surface area contributed by atoms with E-state index in [-0.39, 0.29) is 12.6 Å². The van der Waals surface area contributed by atoms with Crippen LogP contribution >= 0.6 is 0 Å². The van der Waals surface area contributed by atoms with Crippen molar-refractivity contribution in [3.8, 4) is 0 Å². The summed E-state index contributed by atoms with van der Waals surface area (Å²) in [6.45, 7) is 0.246. The lowest BCUT2D eigenvalue weighted by molar-refractivity contribution is 0.0549. The van der Waals surface area contributed by atoms with Crippen LogP contribution in [0.1, 0.15) is 28.8 Å². The Morgan fingerprint density at radius 3 is 2.73 bits per heavy atom. The summed E-state index contributed by atoms with van der Waals surface area (Å²) in [7, 11) is 0. The van der Waals surface area contributed by atoms with Gasteiger partial charge in [0.1, 0.15) is 12.4 Å². The van der Waals surface area contributed by atoms with Crippen molar-refractivity contribution in [1.82, 2.24) is 4.98 Å². The molecule has 0 aliphatic heterocycles. The monoisotopic (exact) mass is 294 g/mol. The Kier molecular flexibility index (Phi) is 4.49. The Bertz CT molecular complexity index is 647. The van der Waals surface area contributed by atoms with Crippen LogP contribution < -0.4 is 5.32 Å². The number of pyridine rings is 1. The maximum absolute atomic E-state index is 11.9. The number of rotatable bonds is 6. The fraction of sp³-hybridized carbons (Fsp3) is 0.222. The van der Waals surface area contributed by atoms with Gasteiger partial charge in [0.05, 0.1) is 5.56 Å². The molecular formula is C18H18N2O2. The molecule has 2 aromatic rings. The molecule has 1 heterocycles. The molecule has 4 nitrogen and oxygen atoms in total. The van der Waals surface area contributed by atoms with Crippen LogP contribution in [-0.4, -0.2) is 23.6 Å². The van der Waals surface area contributed by atoms with Crippen molar-refractivity contribution >= 4 is 17.9 Å². The molecule has 1 aromatic heterocycles. The number of ether oxygens (including phenoxy) is 1. The fourth-order valence-corrected chi connectivity index (χ4v) is 1.99. The van der Waals surface area contributed by atoms with Gasteiger partial charge in [-0.25, -0.2) is 9.78 Å². The minimum absolute atomic E-state index is 0.246. The quantitative estimate of drug-likeness (QED) is 0.828. The molecule has 0 atom stereocenters. The lowest BCUT2D eigenvalue weighted by atomic mass is 10.2. The summed E-state index contributed by atoms with van der Waals surface area (Å²) < 4.78 is 5.20. The zero-order valence-corrected chi connectivity index (χ0v) is 12.2. The van der Waals surface area contributed by atoms with E-state index in [0.29, 0.717) is 11.6 Å². The first-order valence-electron chi connectivity index (χ1n) is 7.42. The number of hydrogen-bond acceptors (Lipinski definition) is 4. The number of benzene rings is 1. The van der Waals surface area contributed by atoms with Gasteiger partial charge in [0.25, 0.3) is 0 Å². The number of nitrogens with one attached hydrogen (secondary N) is 1. The van der Waals surface area contributed by atoms with Gasteiger partial charge >= 0.3 is 5.97 Å². The maximum Gasteiger partial charge on any atom is 0.340 e. The number of carbonyl (C=O) groups excluding carboxylic acids is 1. The lowest BCUT2D eigenvalue weighted by Crippen LogP contribution is -2.07. The fourth-order valence-electron chi connectivity index (χ4n) is 1.99. The summed E-state index contributed by atoms with van der Waals surface area (Å²) in [5, 5.41) is 3.28. The molecule has 112 valence electrons. The molecule has 22 heavy (non-hydrogen) atoms. The van der Waals surface area contributed by atoms with Gasteiger partial charge in [0.15, 0.2) is 0 Å². The van der Waals surface area contributed by atoms with Gasteiger partial charge in [-0.3, -0.25) is 0 Å². The van der Waals surface area contributed by atoms with Crippen LogP contribution in [-0.2, 0) is 4.74 Å². The molecule has 0 amide bonds. The van der Waals surface area contributed by atoms with E-state index in [1.165, 1.54) is 12.8 Å². The van der Waals surface area contributed by atoms with Gasteiger partial charge in [-0.05, 0) is 36.6 Å². The van der Waals surface area contributed by atoms with Gasteiger partial charge < -0.3 is 10.1 Å². The average Bonchev–Trinajstić information content (AvgIpc) is 3.37. The van der Waals surface area contributed by atoms with Crippen molar-refractivity contribution in [3.05, 3.63) is 65.9 Å². The zero-order valence-electron chi connectivity index (χ0n) is 12.2. The van der Waals surface area contributed by atoms with E-state index in [9.17, 15) is 4.79 Å². The highest BCUT2D eigenvalue weighted by Gasteiger charge is 2.21. The second-order valence-corrected chi connectivity index (χ2v) is 5.26. The SMILES string of the molecule is O=C(OC/C=C/c1ccccc1)c1ccc(NC2CC2)nc1. The third kappa shape index (κ3) is 4.19. The number of esters is 1. The first-order chi connectivity index (χ1) is 10.8. The minimum atomic E-state index is -0.358. The lowest BCUT2D eigenvalue weighted by Gasteiger charge is -2.05. The standard InChI is InChI=1S/C18H18N2O2/c21-18(22-12-4-7-14-5-2-1-3-6-14)15-8-11-17(19-13-15)20-16-9-10-16/h1-8,11,13,16H,9-10,12H2,(H,19,20)/b7-4+. The van der Waals surface area contributed by atoms with Crippen LogP contribution in [0.4, 0.5) is 5.82 Å². The molecule has 0 saturated heterocycles. The highest BCUT2D eigenvalue weighted by molar-refractivity contribution is 5.89. The average molecular weight is 294 g/mol. The van der Waals surface area contributed by atoms with Crippen LogP contribution in [0, 0.1) is 0 Å². The van der Waals surface area contributed by atoms with E-state index in [4.69, 9.17) is 4.74 Å². The van der Waals surface area contributed by atoms with Crippen LogP contribution in [0.3, 0.4) is 0 Å². The minimum Gasteiger partial charge on any atom is -0.458 e. The molecule has 1 fully saturated rings. The maximum atomic E-state index is 11.9. The Morgan fingerprint density at radius 1 is 1.23 bits per heavy atom. The molecule has 0 radical (unpaired) electrons. The third-order valence-corrected chi connectivity index (χ3v) is 3.35. The number of carbonyl (C=O) groups is 1. The van der Waals surface area contributed by atoms with Crippen LogP contribution in [0.25, 0.3) is 6.08 Å². The second-order valence-electron chi connectivity index (χ2n) is 5.26. The molecule has 3 rings (SSSR count). The van der Waals surface area contributed by atoms with Crippen molar-refractivity contribution in [2.45, 2.75) is 18.9 Å². The largest absolute Gasteiger partial charge is 0.458 e. The molecule has 0 bridgehead atoms. The Balaban J connectivity index is 1.47. The Hall–Kier alpha value is -2.62. The first-order valence-corrected chi connectivity index (χ1v) is 7.42. The van der Waals surface area contributed by atoms with Crippen molar-refractivity contribution < 1.29 is 9.53 Å². The van der Waals surface area contributed by atoms with E-state index < -0.39 is 0 Å². The predicted octanol–water partition coefficient (Wildman–Crippen LogP) is 3.53. The van der Waals surface area contributed by atoms with E-state index in [0.717, 1.165) is 11.4 Å².